The summed E-state index contributed by atoms with van der Waals surface area (Å²) in [6.07, 6.45) is -2.10. The van der Waals surface area contributed by atoms with E-state index in [0.717, 1.165) is 22.3 Å². The topological polar surface area (TPSA) is 158 Å². The molecule has 0 heterocycles. The van der Waals surface area contributed by atoms with Crippen LogP contribution >= 0.6 is 0 Å². The summed E-state index contributed by atoms with van der Waals surface area (Å²) in [5.41, 5.74) is 2.61. The second kappa shape index (κ2) is 20.8. The number of rotatable bonds is 18. The maximum atomic E-state index is 14.3. The molecule has 0 aromatic heterocycles. The number of carbonyl (C=O) groups excluding carboxylic acids is 4. The van der Waals surface area contributed by atoms with Gasteiger partial charge < -0.3 is 31.1 Å². The lowest BCUT2D eigenvalue weighted by Crippen LogP contribution is -2.63. The zero-order valence-electron chi connectivity index (χ0n) is 32.3. The van der Waals surface area contributed by atoms with Crippen molar-refractivity contribution in [1.29, 1.82) is 0 Å². The van der Waals surface area contributed by atoms with Crippen molar-refractivity contribution in [3.05, 3.63) is 144 Å². The van der Waals surface area contributed by atoms with E-state index in [1.807, 2.05) is 156 Å². The molecule has 0 radical (unpaired) electrons. The second-order valence-electron chi connectivity index (χ2n) is 15.1. The molecule has 4 amide bonds. The van der Waals surface area contributed by atoms with Crippen molar-refractivity contribution in [3.63, 3.8) is 0 Å². The molecule has 11 nitrogen and oxygen atoms in total. The molecule has 5 atom stereocenters. The third kappa shape index (κ3) is 13.7. The molecule has 6 N–H and O–H groups in total. The fraction of sp³-hybridized carbons (Fsp3) is 0.364. The minimum Gasteiger partial charge on any atom is -0.445 e. The molecule has 292 valence electrons. The lowest BCUT2D eigenvalue weighted by Gasteiger charge is -2.35. The number of aliphatic hydroxyl groups excluding tert-OH is 1. The van der Waals surface area contributed by atoms with Crippen LogP contribution in [0, 0.1) is 11.3 Å². The number of hydrogen-bond donors (Lipinski definition) is 6. The van der Waals surface area contributed by atoms with E-state index >= 15 is 0 Å². The fourth-order valence-electron chi connectivity index (χ4n) is 6.05. The summed E-state index contributed by atoms with van der Waals surface area (Å²) in [5, 5.41) is 26.9. The van der Waals surface area contributed by atoms with Gasteiger partial charge in [0.25, 0.3) is 0 Å². The molecule has 0 bridgehead atoms. The van der Waals surface area contributed by atoms with Crippen LogP contribution in [0.25, 0.3) is 0 Å². The summed E-state index contributed by atoms with van der Waals surface area (Å²) < 4.78 is 5.44. The molecule has 0 aliphatic rings. The molecular formula is C44H55N5O6. The van der Waals surface area contributed by atoms with Gasteiger partial charge in [0.2, 0.25) is 17.7 Å². The number of alkyl carbamates (subject to hydrolysis) is 1. The number of nitrogens with one attached hydrogen (secondary N) is 5. The van der Waals surface area contributed by atoms with E-state index in [9.17, 15) is 24.3 Å². The van der Waals surface area contributed by atoms with Crippen LogP contribution in [-0.4, -0.2) is 59.2 Å². The van der Waals surface area contributed by atoms with Crippen LogP contribution in [-0.2, 0) is 45.2 Å². The average molecular weight is 750 g/mol. The van der Waals surface area contributed by atoms with E-state index in [-0.39, 0.29) is 37.9 Å². The fourth-order valence-corrected chi connectivity index (χ4v) is 6.05. The Morgan fingerprint density at radius 2 is 1.09 bits per heavy atom. The standard InChI is InChI=1S/C44H55N5O6/c1-30(2)36(40(51)46-28-33-22-14-8-15-23-33)48-41(52)37(45-27-32-20-12-7-13-21-32)38(50)35(26-31-18-10-6-11-19-31)47-42(53)39(44(3,4)5)49-43(54)55-29-34-24-16-9-17-25-34/h6-25,30,35-39,45,50H,26-29H2,1-5H3,(H,46,51)(H,47,53)(H,48,52)(H,49,54). The van der Waals surface area contributed by atoms with Gasteiger partial charge >= 0.3 is 6.09 Å². The number of aliphatic hydroxyl groups is 1. The first-order valence-electron chi connectivity index (χ1n) is 18.7. The number of benzene rings is 4. The Labute approximate surface area is 324 Å². The van der Waals surface area contributed by atoms with Crippen LogP contribution in [0.2, 0.25) is 0 Å². The number of hydrogen-bond acceptors (Lipinski definition) is 7. The highest BCUT2D eigenvalue weighted by Gasteiger charge is 2.39. The highest BCUT2D eigenvalue weighted by Crippen LogP contribution is 2.21. The molecule has 11 heteroatoms. The van der Waals surface area contributed by atoms with E-state index in [0.29, 0.717) is 0 Å². The highest BCUT2D eigenvalue weighted by molar-refractivity contribution is 5.91. The Kier molecular flexibility index (Phi) is 16.0. The van der Waals surface area contributed by atoms with Crippen LogP contribution in [0.1, 0.15) is 56.9 Å². The van der Waals surface area contributed by atoms with Crippen LogP contribution in [0.5, 0.6) is 0 Å². The Hall–Kier alpha value is -5.52. The Morgan fingerprint density at radius 3 is 1.60 bits per heavy atom. The molecule has 0 spiro atoms. The number of amides is 4. The van der Waals surface area contributed by atoms with E-state index in [1.54, 1.807) is 0 Å². The molecule has 0 aliphatic carbocycles. The minimum atomic E-state index is -1.49. The molecule has 0 saturated carbocycles. The number of ether oxygens (including phenoxy) is 1. The zero-order valence-corrected chi connectivity index (χ0v) is 32.3. The summed E-state index contributed by atoms with van der Waals surface area (Å²) in [4.78, 5) is 54.9. The predicted octanol–water partition coefficient (Wildman–Crippen LogP) is 5.03. The molecule has 4 aromatic carbocycles. The molecule has 5 unspecified atom stereocenters. The van der Waals surface area contributed by atoms with Gasteiger partial charge in [0.1, 0.15) is 24.7 Å². The molecule has 0 saturated heterocycles. The maximum Gasteiger partial charge on any atom is 0.408 e. The Morgan fingerprint density at radius 1 is 0.600 bits per heavy atom. The normalized spacial score (nSPS) is 14.1. The van der Waals surface area contributed by atoms with Gasteiger partial charge in [-0.15, -0.1) is 0 Å². The molecule has 55 heavy (non-hydrogen) atoms. The van der Waals surface area contributed by atoms with Crippen LogP contribution < -0.4 is 26.6 Å². The monoisotopic (exact) mass is 749 g/mol. The second-order valence-corrected chi connectivity index (χ2v) is 15.1. The maximum absolute atomic E-state index is 14.3. The average Bonchev–Trinajstić information content (AvgIpc) is 3.18. The number of carbonyl (C=O) groups is 4. The van der Waals surface area contributed by atoms with Gasteiger partial charge in [-0.25, -0.2) is 4.79 Å². The van der Waals surface area contributed by atoms with Gasteiger partial charge in [0.15, 0.2) is 0 Å². The Balaban J connectivity index is 1.59. The highest BCUT2D eigenvalue weighted by atomic mass is 16.5. The quantitative estimate of drug-likeness (QED) is 0.0833. The van der Waals surface area contributed by atoms with Gasteiger partial charge in [-0.1, -0.05) is 156 Å². The van der Waals surface area contributed by atoms with Crippen LogP contribution in [0.4, 0.5) is 4.79 Å². The first-order chi connectivity index (χ1) is 26.3. The van der Waals surface area contributed by atoms with E-state index in [2.05, 4.69) is 26.6 Å². The molecule has 0 aliphatic heterocycles. The van der Waals surface area contributed by atoms with E-state index in [1.165, 1.54) is 0 Å². The van der Waals surface area contributed by atoms with Gasteiger partial charge in [-0.05, 0) is 40.0 Å². The van der Waals surface area contributed by atoms with Crippen molar-refractivity contribution >= 4 is 23.8 Å². The van der Waals surface area contributed by atoms with Crippen LogP contribution in [0.3, 0.4) is 0 Å². The van der Waals surface area contributed by atoms with Gasteiger partial charge in [-0.3, -0.25) is 19.7 Å². The van der Waals surface area contributed by atoms with Crippen LogP contribution in [0.15, 0.2) is 121 Å². The lowest BCUT2D eigenvalue weighted by molar-refractivity contribution is -0.134. The first-order valence-corrected chi connectivity index (χ1v) is 18.7. The van der Waals surface area contributed by atoms with Crippen molar-refractivity contribution < 1.29 is 29.0 Å². The van der Waals surface area contributed by atoms with E-state index in [4.69, 9.17) is 4.74 Å². The van der Waals surface area contributed by atoms with Gasteiger partial charge in [0, 0.05) is 13.1 Å². The minimum absolute atomic E-state index is 0.0199. The molecular weight excluding hydrogens is 695 g/mol. The largest absolute Gasteiger partial charge is 0.445 e. The van der Waals surface area contributed by atoms with Crippen molar-refractivity contribution in [2.75, 3.05) is 0 Å². The van der Waals surface area contributed by atoms with Crippen molar-refractivity contribution in [1.82, 2.24) is 26.6 Å². The van der Waals surface area contributed by atoms with Crippen molar-refractivity contribution in [3.8, 4) is 0 Å². The van der Waals surface area contributed by atoms with Gasteiger partial charge in [-0.2, -0.15) is 0 Å². The summed E-state index contributed by atoms with van der Waals surface area (Å²) >= 11 is 0. The smallest absolute Gasteiger partial charge is 0.408 e. The Bertz CT molecular complexity index is 1790. The third-order valence-electron chi connectivity index (χ3n) is 9.19. The van der Waals surface area contributed by atoms with Crippen molar-refractivity contribution in [2.24, 2.45) is 11.3 Å². The zero-order chi connectivity index (χ0) is 39.8. The SMILES string of the molecule is CC(C)C(NC(=O)C(NCc1ccccc1)C(O)C(Cc1ccccc1)NC(=O)C(NC(=O)OCc1ccccc1)C(C)(C)C)C(=O)NCc1ccccc1. The van der Waals surface area contributed by atoms with Crippen molar-refractivity contribution in [2.45, 2.75) is 91.0 Å². The molecule has 0 fully saturated rings. The summed E-state index contributed by atoms with van der Waals surface area (Å²) in [6.45, 7) is 9.61. The lowest BCUT2D eigenvalue weighted by atomic mass is 9.85. The summed E-state index contributed by atoms with van der Waals surface area (Å²) in [6, 6.07) is 33.1. The van der Waals surface area contributed by atoms with E-state index < -0.39 is 53.6 Å². The third-order valence-corrected chi connectivity index (χ3v) is 9.19. The molecule has 4 rings (SSSR count). The molecule has 4 aromatic rings. The summed E-state index contributed by atoms with van der Waals surface area (Å²) in [5.74, 6) is -1.83. The first kappa shape index (κ1) is 42.2. The summed E-state index contributed by atoms with van der Waals surface area (Å²) in [7, 11) is 0. The predicted molar refractivity (Wildman–Crippen MR) is 213 cm³/mol. The van der Waals surface area contributed by atoms with Gasteiger partial charge in [0.05, 0.1) is 12.1 Å².